The summed E-state index contributed by atoms with van der Waals surface area (Å²) in [5.41, 5.74) is -1.83. The van der Waals surface area contributed by atoms with E-state index in [0.29, 0.717) is 6.54 Å². The van der Waals surface area contributed by atoms with Crippen LogP contribution in [0, 0.1) is 5.41 Å². The van der Waals surface area contributed by atoms with Crippen molar-refractivity contribution in [3.63, 3.8) is 0 Å². The molecular formula is C22H38N4O5. The Morgan fingerprint density at radius 1 is 0.968 bits per heavy atom. The fourth-order valence-electron chi connectivity index (χ4n) is 3.32. The highest BCUT2D eigenvalue weighted by Crippen LogP contribution is 2.33. The molecule has 1 heterocycles. The van der Waals surface area contributed by atoms with E-state index in [1.54, 1.807) is 41.5 Å². The van der Waals surface area contributed by atoms with Crippen molar-refractivity contribution in [3.05, 3.63) is 12.2 Å². The Morgan fingerprint density at radius 2 is 1.45 bits per heavy atom. The molecule has 1 atom stereocenters. The summed E-state index contributed by atoms with van der Waals surface area (Å²) in [5.74, 6) is -2.02. The van der Waals surface area contributed by atoms with Gasteiger partial charge in [0.2, 0.25) is 17.7 Å². The van der Waals surface area contributed by atoms with Crippen LogP contribution in [-0.4, -0.2) is 59.1 Å². The molecule has 3 N–H and O–H groups in total. The molecule has 0 aromatic heterocycles. The molecule has 1 aliphatic rings. The molecular weight excluding hydrogens is 400 g/mol. The maximum absolute atomic E-state index is 12.6. The molecule has 0 aromatic carbocycles. The molecule has 5 amide bonds. The van der Waals surface area contributed by atoms with E-state index in [2.05, 4.69) is 29.8 Å². The third kappa shape index (κ3) is 8.90. The summed E-state index contributed by atoms with van der Waals surface area (Å²) in [5, 5.41) is 7.65. The highest BCUT2D eigenvalue weighted by atomic mass is 16.2. The van der Waals surface area contributed by atoms with Crippen molar-refractivity contribution < 1.29 is 24.0 Å². The molecule has 1 unspecified atom stereocenters. The highest BCUT2D eigenvalue weighted by molar-refractivity contribution is 6.13. The van der Waals surface area contributed by atoms with Gasteiger partial charge in [-0.15, -0.1) is 0 Å². The molecule has 9 nitrogen and oxygen atoms in total. The van der Waals surface area contributed by atoms with Crippen LogP contribution in [-0.2, 0) is 24.0 Å². The lowest BCUT2D eigenvalue weighted by molar-refractivity contribution is -0.146. The number of nitrogens with zero attached hydrogens (tertiary/aromatic N) is 1. The maximum atomic E-state index is 12.6. The standard InChI is InChI=1S/C19H30N4O5.C3H8/c1-7-20-16(27)12(2)22-13(24)10-21-17(28)18(3,4)11-19(5,6)23-14(25)8-9-15(23)26;1-3-2/h8-9,12H,7,10-11H2,1-6H3,(H,20,27)(H,21,28)(H,22,24);3H2,1-2H3. The monoisotopic (exact) mass is 438 g/mol. The summed E-state index contributed by atoms with van der Waals surface area (Å²) >= 11 is 0. The van der Waals surface area contributed by atoms with Gasteiger partial charge in [-0.25, -0.2) is 0 Å². The second-order valence-electron chi connectivity index (χ2n) is 8.79. The quantitative estimate of drug-likeness (QED) is 0.468. The van der Waals surface area contributed by atoms with Gasteiger partial charge in [-0.05, 0) is 34.1 Å². The van der Waals surface area contributed by atoms with E-state index >= 15 is 0 Å². The Bertz CT molecular complexity index is 695. The first-order chi connectivity index (χ1) is 14.2. The zero-order valence-electron chi connectivity index (χ0n) is 20.0. The van der Waals surface area contributed by atoms with Gasteiger partial charge in [0.05, 0.1) is 6.54 Å². The van der Waals surface area contributed by atoms with Crippen molar-refractivity contribution in [2.45, 2.75) is 79.8 Å². The molecule has 0 aromatic rings. The molecule has 0 saturated heterocycles. The summed E-state index contributed by atoms with van der Waals surface area (Å²) in [6.07, 6.45) is 3.87. The lowest BCUT2D eigenvalue weighted by Crippen LogP contribution is -2.53. The highest BCUT2D eigenvalue weighted by Gasteiger charge is 2.43. The molecule has 0 radical (unpaired) electrons. The minimum absolute atomic E-state index is 0.210. The largest absolute Gasteiger partial charge is 0.355 e. The van der Waals surface area contributed by atoms with E-state index in [1.165, 1.54) is 18.6 Å². The van der Waals surface area contributed by atoms with E-state index < -0.39 is 40.6 Å². The number of carbonyl (C=O) groups is 5. The van der Waals surface area contributed by atoms with Crippen molar-refractivity contribution in [2.75, 3.05) is 13.1 Å². The average Bonchev–Trinajstić information content (AvgIpc) is 2.98. The van der Waals surface area contributed by atoms with Crippen molar-refractivity contribution in [3.8, 4) is 0 Å². The first-order valence-corrected chi connectivity index (χ1v) is 10.6. The van der Waals surface area contributed by atoms with E-state index in [4.69, 9.17) is 0 Å². The zero-order valence-corrected chi connectivity index (χ0v) is 20.0. The third-order valence-corrected chi connectivity index (χ3v) is 4.44. The maximum Gasteiger partial charge on any atom is 0.254 e. The molecule has 31 heavy (non-hydrogen) atoms. The number of imide groups is 1. The predicted octanol–water partition coefficient (Wildman–Crippen LogP) is 1.28. The Labute approximate surface area is 185 Å². The SMILES string of the molecule is CCC.CCNC(=O)C(C)NC(=O)CNC(=O)C(C)(C)CC(C)(C)N1C(=O)C=CC1=O. The van der Waals surface area contributed by atoms with Gasteiger partial charge in [0.25, 0.3) is 11.8 Å². The van der Waals surface area contributed by atoms with Crippen LogP contribution in [0.1, 0.15) is 68.2 Å². The van der Waals surface area contributed by atoms with Gasteiger partial charge in [0.15, 0.2) is 0 Å². The first-order valence-electron chi connectivity index (χ1n) is 10.6. The number of hydrogen-bond acceptors (Lipinski definition) is 5. The number of hydrogen-bond donors (Lipinski definition) is 3. The van der Waals surface area contributed by atoms with E-state index in [9.17, 15) is 24.0 Å². The molecule has 1 rings (SSSR count). The van der Waals surface area contributed by atoms with Crippen LogP contribution in [0.25, 0.3) is 0 Å². The predicted molar refractivity (Wildman–Crippen MR) is 119 cm³/mol. The number of rotatable bonds is 9. The van der Waals surface area contributed by atoms with Gasteiger partial charge in [-0.3, -0.25) is 28.9 Å². The van der Waals surface area contributed by atoms with Crippen molar-refractivity contribution in [1.82, 2.24) is 20.9 Å². The zero-order chi connectivity index (χ0) is 24.4. The van der Waals surface area contributed by atoms with Gasteiger partial charge in [-0.1, -0.05) is 34.1 Å². The topological polar surface area (TPSA) is 125 Å². The molecule has 0 saturated carbocycles. The Balaban J connectivity index is 0.00000282. The number of carbonyl (C=O) groups excluding carboxylic acids is 5. The third-order valence-electron chi connectivity index (χ3n) is 4.44. The van der Waals surface area contributed by atoms with Crippen LogP contribution >= 0.6 is 0 Å². The molecule has 1 aliphatic heterocycles. The normalized spacial score (nSPS) is 14.5. The summed E-state index contributed by atoms with van der Waals surface area (Å²) < 4.78 is 0. The van der Waals surface area contributed by atoms with Crippen LogP contribution in [0.15, 0.2) is 12.2 Å². The smallest absolute Gasteiger partial charge is 0.254 e. The van der Waals surface area contributed by atoms with Gasteiger partial charge < -0.3 is 16.0 Å². The van der Waals surface area contributed by atoms with Gasteiger partial charge in [0, 0.05) is 29.7 Å². The molecule has 9 heteroatoms. The Morgan fingerprint density at radius 3 is 1.90 bits per heavy atom. The van der Waals surface area contributed by atoms with Crippen LogP contribution < -0.4 is 16.0 Å². The number of likely N-dealkylation sites (N-methyl/N-ethyl adjacent to an activating group) is 1. The first kappa shape index (κ1) is 28.3. The molecule has 0 aliphatic carbocycles. The van der Waals surface area contributed by atoms with E-state index in [1.807, 2.05) is 0 Å². The minimum atomic E-state index is -0.946. The van der Waals surface area contributed by atoms with Crippen LogP contribution in [0.2, 0.25) is 0 Å². The average molecular weight is 439 g/mol. The summed E-state index contributed by atoms with van der Waals surface area (Å²) in [4.78, 5) is 61.2. The fourth-order valence-corrected chi connectivity index (χ4v) is 3.32. The Hall–Kier alpha value is -2.71. The summed E-state index contributed by atoms with van der Waals surface area (Å²) in [6.45, 7) is 14.5. The summed E-state index contributed by atoms with van der Waals surface area (Å²) in [7, 11) is 0. The minimum Gasteiger partial charge on any atom is -0.355 e. The van der Waals surface area contributed by atoms with Crippen molar-refractivity contribution >= 4 is 29.5 Å². The van der Waals surface area contributed by atoms with E-state index in [0.717, 1.165) is 4.90 Å². The van der Waals surface area contributed by atoms with E-state index in [-0.39, 0.29) is 18.9 Å². The number of nitrogens with one attached hydrogen (secondary N) is 3. The van der Waals surface area contributed by atoms with Crippen molar-refractivity contribution in [2.24, 2.45) is 5.41 Å². The second-order valence-corrected chi connectivity index (χ2v) is 8.79. The lowest BCUT2D eigenvalue weighted by Gasteiger charge is -2.39. The molecule has 176 valence electrons. The molecule has 0 bridgehead atoms. The van der Waals surface area contributed by atoms with Crippen LogP contribution in [0.3, 0.4) is 0 Å². The second kappa shape index (κ2) is 12.2. The number of amides is 5. The van der Waals surface area contributed by atoms with Crippen molar-refractivity contribution in [1.29, 1.82) is 0 Å². The Kier molecular flexibility index (Phi) is 11.2. The molecule has 0 fully saturated rings. The van der Waals surface area contributed by atoms with Crippen LogP contribution in [0.5, 0.6) is 0 Å². The van der Waals surface area contributed by atoms with Crippen LogP contribution in [0.4, 0.5) is 0 Å². The van der Waals surface area contributed by atoms with Gasteiger partial charge in [0.1, 0.15) is 6.04 Å². The fraction of sp³-hybridized carbons (Fsp3) is 0.682. The van der Waals surface area contributed by atoms with Gasteiger partial charge >= 0.3 is 0 Å². The van der Waals surface area contributed by atoms with Gasteiger partial charge in [-0.2, -0.15) is 0 Å². The lowest BCUT2D eigenvalue weighted by atomic mass is 9.78. The molecule has 0 spiro atoms. The summed E-state index contributed by atoms with van der Waals surface area (Å²) in [6, 6.07) is -0.712.